The van der Waals surface area contributed by atoms with Crippen LogP contribution in [0.4, 0.5) is 11.4 Å². The highest BCUT2D eigenvalue weighted by Crippen LogP contribution is 2.45. The summed E-state index contributed by atoms with van der Waals surface area (Å²) >= 11 is 3.06. The van der Waals surface area contributed by atoms with E-state index in [2.05, 4.69) is 377 Å². The third-order valence-electron chi connectivity index (χ3n) is 23.0. The number of halogens is 1. The van der Waals surface area contributed by atoms with Crippen molar-refractivity contribution in [1.29, 1.82) is 0 Å². The number of nitro benzene ring substituents is 2. The molecular weight excluding hydrogens is 1500 g/mol. The predicted octanol–water partition coefficient (Wildman–Crippen LogP) is 26.7. The molecule has 5 heterocycles. The van der Waals surface area contributed by atoms with Crippen molar-refractivity contribution in [2.45, 2.75) is 38.9 Å². The summed E-state index contributed by atoms with van der Waals surface area (Å²) in [5.41, 5.74) is 24.1. The Kier molecular flexibility index (Phi) is 18.4. The number of rotatable bonds is 12. The second kappa shape index (κ2) is 29.5. The van der Waals surface area contributed by atoms with E-state index in [1.54, 1.807) is 30.3 Å². The lowest BCUT2D eigenvalue weighted by Crippen LogP contribution is -2.41. The molecule has 0 unspecified atom stereocenters. The number of para-hydroxylation sites is 10. The largest absolute Gasteiger partial charge is 0.494 e. The van der Waals surface area contributed by atoms with Crippen LogP contribution >= 0.6 is 15.9 Å². The number of benzene rings is 16. The summed E-state index contributed by atoms with van der Waals surface area (Å²) < 4.78 is 23.2. The number of hydrogen-bond donors (Lipinski definition) is 0. The third-order valence-corrected chi connectivity index (χ3v) is 23.6. The first-order valence-electron chi connectivity index (χ1n) is 38.7. The lowest BCUT2D eigenvalue weighted by Gasteiger charge is -2.32. The minimum absolute atomic E-state index is 0.0818. The molecule has 0 aliphatic carbocycles. The van der Waals surface area contributed by atoms with Crippen LogP contribution in [0.15, 0.2) is 381 Å². The van der Waals surface area contributed by atoms with Gasteiger partial charge < -0.3 is 27.6 Å². The molecule has 0 atom stereocenters. The molecule has 14 heteroatoms. The van der Waals surface area contributed by atoms with Gasteiger partial charge in [-0.25, -0.2) is 0 Å². The van der Waals surface area contributed by atoms with Crippen LogP contribution in [-0.4, -0.2) is 46.4 Å². The molecule has 0 N–H and O–H groups in total. The molecule has 1 fully saturated rings. The average molecular weight is 1570 g/mol. The van der Waals surface area contributed by atoms with Crippen molar-refractivity contribution in [3.8, 4) is 78.4 Å². The van der Waals surface area contributed by atoms with E-state index in [9.17, 15) is 20.2 Å². The van der Waals surface area contributed by atoms with E-state index in [4.69, 9.17) is 9.31 Å². The van der Waals surface area contributed by atoms with Gasteiger partial charge in [0.1, 0.15) is 0 Å². The van der Waals surface area contributed by atoms with Crippen LogP contribution in [0.25, 0.3) is 166 Å². The molecule has 1 saturated heterocycles. The van der Waals surface area contributed by atoms with E-state index in [-0.39, 0.29) is 16.3 Å². The first-order valence-corrected chi connectivity index (χ1v) is 39.5. The predicted molar refractivity (Wildman–Crippen MR) is 481 cm³/mol. The lowest BCUT2D eigenvalue weighted by atomic mass is 9.76. The Bertz CT molecular complexity index is 6890. The van der Waals surface area contributed by atoms with Gasteiger partial charge in [0.15, 0.2) is 0 Å². The van der Waals surface area contributed by atoms with Crippen LogP contribution < -0.4 is 5.46 Å². The fourth-order valence-electron chi connectivity index (χ4n) is 16.7. The summed E-state index contributed by atoms with van der Waals surface area (Å²) in [6, 6.07) is 130. The van der Waals surface area contributed by atoms with Gasteiger partial charge in [-0.05, 0) is 257 Å². The highest BCUT2D eigenvalue weighted by molar-refractivity contribution is 9.10. The van der Waals surface area contributed by atoms with Gasteiger partial charge in [0.25, 0.3) is 11.4 Å². The van der Waals surface area contributed by atoms with Crippen molar-refractivity contribution in [3.63, 3.8) is 0 Å². The van der Waals surface area contributed by atoms with E-state index in [1.807, 2.05) is 24.3 Å². The maximum absolute atomic E-state index is 12.3. The molecule has 16 aromatic carbocycles. The first-order chi connectivity index (χ1) is 56.6. The number of hydrogen-bond acceptors (Lipinski definition) is 6. The van der Waals surface area contributed by atoms with Crippen molar-refractivity contribution in [1.82, 2.24) is 18.3 Å². The Balaban J connectivity index is 0.000000138. The second-order valence-electron chi connectivity index (χ2n) is 30.4. The Morgan fingerprint density at radius 2 is 0.526 bits per heavy atom. The molecule has 116 heavy (non-hydrogen) atoms. The zero-order valence-electron chi connectivity index (χ0n) is 63.9. The summed E-state index contributed by atoms with van der Waals surface area (Å²) in [5.74, 6) is 0. The average Bonchev–Trinajstić information content (AvgIpc) is 1.60. The van der Waals surface area contributed by atoms with E-state index >= 15 is 0 Å². The van der Waals surface area contributed by atoms with Crippen LogP contribution in [-0.2, 0) is 9.31 Å². The van der Waals surface area contributed by atoms with Crippen LogP contribution in [0.2, 0.25) is 0 Å². The Morgan fingerprint density at radius 3 is 0.836 bits per heavy atom. The molecule has 4 aromatic heterocycles. The maximum Gasteiger partial charge on any atom is 0.494 e. The van der Waals surface area contributed by atoms with E-state index < -0.39 is 23.2 Å². The smallest absolute Gasteiger partial charge is 0.399 e. The monoisotopic (exact) mass is 1570 g/mol. The number of nitrogens with zero attached hydrogens (tertiary/aromatic N) is 6. The lowest BCUT2D eigenvalue weighted by molar-refractivity contribution is -0.385. The summed E-state index contributed by atoms with van der Waals surface area (Å²) in [4.78, 5) is 21.8. The first kappa shape index (κ1) is 72.2. The summed E-state index contributed by atoms with van der Waals surface area (Å²) in [7, 11) is -0.494. The molecule has 0 amide bonds. The maximum atomic E-state index is 12.3. The van der Waals surface area contributed by atoms with Gasteiger partial charge in [-0.15, -0.1) is 0 Å². The molecule has 20 aromatic rings. The third kappa shape index (κ3) is 13.0. The fourth-order valence-corrected chi connectivity index (χ4v) is 17.2. The van der Waals surface area contributed by atoms with E-state index in [0.29, 0.717) is 10.0 Å². The molecule has 0 saturated carbocycles. The number of fused-ring (bicyclic) bond motifs is 12. The van der Waals surface area contributed by atoms with Gasteiger partial charge in [-0.1, -0.05) is 206 Å². The molecule has 558 valence electrons. The number of nitro groups is 2. The van der Waals surface area contributed by atoms with Gasteiger partial charge >= 0.3 is 7.12 Å². The van der Waals surface area contributed by atoms with E-state index in [0.717, 1.165) is 111 Å². The van der Waals surface area contributed by atoms with Crippen molar-refractivity contribution in [2.24, 2.45) is 0 Å². The van der Waals surface area contributed by atoms with Crippen molar-refractivity contribution in [2.75, 3.05) is 0 Å². The fraction of sp³-hybridized carbons (Fsp3) is 0.0588. The van der Waals surface area contributed by atoms with E-state index in [1.165, 1.54) is 60.5 Å². The van der Waals surface area contributed by atoms with Crippen LogP contribution in [0.1, 0.15) is 27.7 Å². The van der Waals surface area contributed by atoms with Gasteiger partial charge in [-0.3, -0.25) is 20.2 Å². The van der Waals surface area contributed by atoms with Gasteiger partial charge in [0.05, 0.1) is 75.2 Å². The van der Waals surface area contributed by atoms with Gasteiger partial charge in [0, 0.05) is 78.0 Å². The highest BCUT2D eigenvalue weighted by atomic mass is 79.9. The molecule has 12 nitrogen and oxygen atoms in total. The molecule has 1 aliphatic rings. The quantitative estimate of drug-likeness (QED) is 0.0682. The zero-order chi connectivity index (χ0) is 78.9. The van der Waals surface area contributed by atoms with Crippen LogP contribution in [0.5, 0.6) is 0 Å². The topological polar surface area (TPSA) is 124 Å². The van der Waals surface area contributed by atoms with Crippen molar-refractivity contribution >= 4 is 127 Å². The minimum Gasteiger partial charge on any atom is -0.399 e. The SMILES string of the molecule is CC1(C)OB(c2cc(-c3ccc4c(c3)c3ccccc3n4-c3ccccc3)cc(-c3ccc4c(c3)c3ccccc3n4-c3ccccc3)c2)OC1(C)C.O=[N+]([O-])c1ccccc1-c1cc(-c2ccc3c(c2)c2ccccc2n3-c2ccccc2)cc(-c2ccc3c(c2)c2ccccc2n3-c2ccccc2)c1.O=[N+]([O-])c1ccccc1Br. The molecule has 0 radical (unpaired) electrons. The normalized spacial score (nSPS) is 13.1. The standard InChI is InChI=1S/C48H39BN2O2.C48H31N3O2.C6H4BrNO2/c1-47(2)48(3,4)53-49(52-47)36-28-34(32-23-25-45-41(30-32)39-19-11-13-21-43(39)50(45)37-15-7-5-8-16-37)27-35(29-36)33-24-26-46-42(31-33)40-20-12-14-22-44(40)51(46)38-17-9-6-10-18-38;52-51(53)48-22-12-7-17-39(48)36-28-34(32-23-25-46-42(30-32)40-18-8-10-20-44(40)49(46)37-13-3-1-4-14-37)27-35(29-36)33-24-26-47-43(31-33)41-19-9-11-21-45(41)50(47)38-15-5-2-6-16-38;7-5-3-1-2-4-6(5)8(9)10/h5-31H,1-4H3;1-31H;1-4H. The molecule has 1 aliphatic heterocycles. The second-order valence-corrected chi connectivity index (χ2v) is 31.2. The molecular formula is C102H74BBrN6O6. The van der Waals surface area contributed by atoms with Crippen molar-refractivity contribution < 1.29 is 19.2 Å². The number of aromatic nitrogens is 4. The summed E-state index contributed by atoms with van der Waals surface area (Å²) in [6.45, 7) is 8.46. The van der Waals surface area contributed by atoms with Gasteiger partial charge in [-0.2, -0.15) is 0 Å². The Morgan fingerprint density at radius 1 is 0.267 bits per heavy atom. The zero-order valence-corrected chi connectivity index (χ0v) is 65.5. The summed E-state index contributed by atoms with van der Waals surface area (Å²) in [5, 5.41) is 32.0. The molecule has 0 spiro atoms. The Hall–Kier alpha value is -14.0. The Labute approximate surface area is 678 Å². The molecule has 0 bridgehead atoms. The van der Waals surface area contributed by atoms with Gasteiger partial charge in [0.2, 0.25) is 0 Å². The van der Waals surface area contributed by atoms with Crippen LogP contribution in [0.3, 0.4) is 0 Å². The minimum atomic E-state index is -0.494. The summed E-state index contributed by atoms with van der Waals surface area (Å²) in [6.07, 6.45) is 0. The van der Waals surface area contributed by atoms with Crippen molar-refractivity contribution in [3.05, 3.63) is 401 Å². The van der Waals surface area contributed by atoms with Crippen LogP contribution in [0, 0.1) is 20.2 Å². The highest BCUT2D eigenvalue weighted by Gasteiger charge is 2.52. The molecule has 21 rings (SSSR count).